The van der Waals surface area contributed by atoms with Gasteiger partial charge in [0.15, 0.2) is 5.82 Å². The van der Waals surface area contributed by atoms with E-state index in [1.165, 1.54) is 0 Å². The number of likely N-dealkylation sites (tertiary alicyclic amines) is 1. The molecule has 1 aromatic heterocycles. The maximum absolute atomic E-state index is 13.0. The smallest absolute Gasteiger partial charge is 0.227 e. The van der Waals surface area contributed by atoms with Crippen molar-refractivity contribution in [2.75, 3.05) is 20.2 Å². The molecule has 3 heterocycles. The van der Waals surface area contributed by atoms with Crippen LogP contribution in [-0.2, 0) is 29.0 Å². The van der Waals surface area contributed by atoms with Crippen LogP contribution in [0.4, 0.5) is 0 Å². The molecule has 0 aliphatic carbocycles. The lowest BCUT2D eigenvalue weighted by atomic mass is 10.1. The number of aromatic nitrogens is 2. The molecule has 1 atom stereocenters. The summed E-state index contributed by atoms with van der Waals surface area (Å²) >= 11 is 0. The topological polar surface area (TPSA) is 75.6 Å². The van der Waals surface area contributed by atoms with Gasteiger partial charge in [-0.05, 0) is 30.5 Å². The molecule has 29 heavy (non-hydrogen) atoms. The minimum atomic E-state index is -0.0723. The summed E-state index contributed by atoms with van der Waals surface area (Å²) in [6.45, 7) is 3.57. The number of ether oxygens (including phenoxy) is 1. The van der Waals surface area contributed by atoms with Crippen molar-refractivity contribution >= 4 is 11.8 Å². The van der Waals surface area contributed by atoms with Gasteiger partial charge in [-0.3, -0.25) is 9.59 Å². The molecule has 1 fully saturated rings. The highest BCUT2D eigenvalue weighted by atomic mass is 16.5. The number of hydrogen-bond acceptors (Lipinski definition) is 5. The largest absolute Gasteiger partial charge is 0.497 e. The third kappa shape index (κ3) is 4.09. The summed E-state index contributed by atoms with van der Waals surface area (Å²) in [6, 6.07) is 7.54. The van der Waals surface area contributed by atoms with Crippen molar-refractivity contribution in [3.8, 4) is 5.75 Å². The molecular weight excluding hydrogens is 368 g/mol. The van der Waals surface area contributed by atoms with Gasteiger partial charge in [0.1, 0.15) is 5.75 Å². The van der Waals surface area contributed by atoms with E-state index in [1.807, 2.05) is 40.3 Å². The Morgan fingerprint density at radius 1 is 1.21 bits per heavy atom. The van der Waals surface area contributed by atoms with E-state index in [0.29, 0.717) is 19.5 Å². The van der Waals surface area contributed by atoms with Crippen LogP contribution in [0.3, 0.4) is 0 Å². The number of carbonyl (C=O) groups is 2. The molecule has 2 amide bonds. The molecule has 0 radical (unpaired) electrons. The molecule has 2 aliphatic heterocycles. The molecule has 1 saturated heterocycles. The van der Waals surface area contributed by atoms with Gasteiger partial charge in [0, 0.05) is 44.7 Å². The number of rotatable bonds is 4. The summed E-state index contributed by atoms with van der Waals surface area (Å²) in [7, 11) is 1.63. The molecule has 0 bridgehead atoms. The monoisotopic (exact) mass is 394 g/mol. The predicted molar refractivity (Wildman–Crippen MR) is 107 cm³/mol. The number of amides is 2. The molecule has 0 N–H and O–H groups in total. The van der Waals surface area contributed by atoms with Gasteiger partial charge in [-0.15, -0.1) is 0 Å². The average Bonchev–Trinajstić information content (AvgIpc) is 3.23. The summed E-state index contributed by atoms with van der Waals surface area (Å²) in [5.74, 6) is 1.68. The minimum absolute atomic E-state index is 0.0723. The summed E-state index contributed by atoms with van der Waals surface area (Å²) in [4.78, 5) is 37.7. The quantitative estimate of drug-likeness (QED) is 0.795. The molecular formula is C22H26N4O3. The van der Waals surface area contributed by atoms with E-state index in [0.717, 1.165) is 54.2 Å². The van der Waals surface area contributed by atoms with Crippen molar-refractivity contribution in [1.82, 2.24) is 19.8 Å². The predicted octanol–water partition coefficient (Wildman–Crippen LogP) is 2.30. The molecule has 1 aromatic carbocycles. The van der Waals surface area contributed by atoms with E-state index in [9.17, 15) is 9.59 Å². The van der Waals surface area contributed by atoms with E-state index >= 15 is 0 Å². The van der Waals surface area contributed by atoms with Crippen molar-refractivity contribution in [2.45, 2.75) is 45.2 Å². The Hall–Kier alpha value is -2.96. The maximum atomic E-state index is 13.0. The molecule has 4 rings (SSSR count). The second-order valence-corrected chi connectivity index (χ2v) is 7.66. The molecule has 2 aliphatic rings. The Morgan fingerprint density at radius 3 is 2.72 bits per heavy atom. The SMILES string of the molecule is COc1ccc(CC(=O)N2CCCC2c2ncc3c(n2)CCN(C(C)=O)C3)cc1. The van der Waals surface area contributed by atoms with Crippen molar-refractivity contribution in [2.24, 2.45) is 0 Å². The van der Waals surface area contributed by atoms with Gasteiger partial charge in [0.2, 0.25) is 11.8 Å². The second kappa shape index (κ2) is 8.19. The Morgan fingerprint density at radius 2 is 2.00 bits per heavy atom. The highest BCUT2D eigenvalue weighted by Crippen LogP contribution is 2.31. The highest BCUT2D eigenvalue weighted by Gasteiger charge is 2.32. The summed E-state index contributed by atoms with van der Waals surface area (Å²) in [5, 5.41) is 0. The first-order chi connectivity index (χ1) is 14.0. The fourth-order valence-corrected chi connectivity index (χ4v) is 4.11. The lowest BCUT2D eigenvalue weighted by molar-refractivity contribution is -0.132. The highest BCUT2D eigenvalue weighted by molar-refractivity contribution is 5.79. The molecule has 152 valence electrons. The van der Waals surface area contributed by atoms with Crippen LogP contribution in [0.5, 0.6) is 5.75 Å². The Kier molecular flexibility index (Phi) is 5.47. The van der Waals surface area contributed by atoms with Crippen LogP contribution in [0.25, 0.3) is 0 Å². The zero-order valence-corrected chi connectivity index (χ0v) is 16.9. The minimum Gasteiger partial charge on any atom is -0.497 e. The third-order valence-corrected chi connectivity index (χ3v) is 5.78. The number of methoxy groups -OCH3 is 1. The van der Waals surface area contributed by atoms with Crippen LogP contribution in [0.1, 0.15) is 48.5 Å². The second-order valence-electron chi connectivity index (χ2n) is 7.66. The number of benzene rings is 1. The number of nitrogens with zero attached hydrogens (tertiary/aromatic N) is 4. The van der Waals surface area contributed by atoms with Gasteiger partial charge in [-0.2, -0.15) is 0 Å². The summed E-state index contributed by atoms with van der Waals surface area (Å²) in [6.07, 6.45) is 4.76. The Labute approximate surface area is 170 Å². The van der Waals surface area contributed by atoms with Gasteiger partial charge in [-0.25, -0.2) is 9.97 Å². The standard InChI is InChI=1S/C22H26N4O3/c1-15(27)25-11-9-19-17(14-25)13-23-22(24-19)20-4-3-10-26(20)21(28)12-16-5-7-18(29-2)8-6-16/h5-8,13,20H,3-4,9-12,14H2,1-2H3. The van der Waals surface area contributed by atoms with Crippen LogP contribution in [0, 0.1) is 0 Å². The molecule has 0 spiro atoms. The Bertz CT molecular complexity index is 913. The third-order valence-electron chi connectivity index (χ3n) is 5.78. The fraction of sp³-hybridized carbons (Fsp3) is 0.455. The first-order valence-electron chi connectivity index (χ1n) is 10.1. The summed E-state index contributed by atoms with van der Waals surface area (Å²) < 4.78 is 5.18. The lowest BCUT2D eigenvalue weighted by Crippen LogP contribution is -2.36. The fourth-order valence-electron chi connectivity index (χ4n) is 4.11. The molecule has 2 aromatic rings. The van der Waals surface area contributed by atoms with Crippen molar-refractivity contribution in [3.05, 3.63) is 53.1 Å². The average molecular weight is 394 g/mol. The van der Waals surface area contributed by atoms with Crippen LogP contribution >= 0.6 is 0 Å². The number of carbonyl (C=O) groups excluding carboxylic acids is 2. The van der Waals surface area contributed by atoms with Gasteiger partial charge in [0.25, 0.3) is 0 Å². The van der Waals surface area contributed by atoms with Crippen molar-refractivity contribution in [3.63, 3.8) is 0 Å². The van der Waals surface area contributed by atoms with E-state index in [2.05, 4.69) is 4.98 Å². The van der Waals surface area contributed by atoms with Crippen molar-refractivity contribution in [1.29, 1.82) is 0 Å². The zero-order valence-electron chi connectivity index (χ0n) is 16.9. The van der Waals surface area contributed by atoms with E-state index in [-0.39, 0.29) is 17.9 Å². The molecule has 0 saturated carbocycles. The van der Waals surface area contributed by atoms with Gasteiger partial charge < -0.3 is 14.5 Å². The normalized spacial score (nSPS) is 18.5. The van der Waals surface area contributed by atoms with Crippen LogP contribution in [0.2, 0.25) is 0 Å². The van der Waals surface area contributed by atoms with Crippen molar-refractivity contribution < 1.29 is 14.3 Å². The number of fused-ring (bicyclic) bond motifs is 1. The van der Waals surface area contributed by atoms with E-state index in [1.54, 1.807) is 14.0 Å². The van der Waals surface area contributed by atoms with Crippen LogP contribution < -0.4 is 4.74 Å². The lowest BCUT2D eigenvalue weighted by Gasteiger charge is -2.28. The maximum Gasteiger partial charge on any atom is 0.227 e. The molecule has 1 unspecified atom stereocenters. The molecule has 7 nitrogen and oxygen atoms in total. The van der Waals surface area contributed by atoms with Crippen LogP contribution in [0.15, 0.2) is 30.5 Å². The van der Waals surface area contributed by atoms with Gasteiger partial charge in [-0.1, -0.05) is 12.1 Å². The zero-order chi connectivity index (χ0) is 20.4. The van der Waals surface area contributed by atoms with Crippen LogP contribution in [-0.4, -0.2) is 51.8 Å². The number of hydrogen-bond donors (Lipinski definition) is 0. The Balaban J connectivity index is 1.48. The summed E-state index contributed by atoms with van der Waals surface area (Å²) in [5.41, 5.74) is 2.98. The van der Waals surface area contributed by atoms with Gasteiger partial charge in [0.05, 0.1) is 25.3 Å². The first-order valence-corrected chi connectivity index (χ1v) is 10.1. The molecule has 7 heteroatoms. The van der Waals surface area contributed by atoms with E-state index in [4.69, 9.17) is 9.72 Å². The first kappa shape index (κ1) is 19.4. The van der Waals surface area contributed by atoms with E-state index < -0.39 is 0 Å². The van der Waals surface area contributed by atoms with Gasteiger partial charge >= 0.3 is 0 Å².